The van der Waals surface area contributed by atoms with Gasteiger partial charge in [-0.1, -0.05) is 97.9 Å². The molecule has 5 aromatic rings. The number of aromatic nitrogens is 1. The summed E-state index contributed by atoms with van der Waals surface area (Å²) in [7, 11) is 0. The molecule has 48 heavy (non-hydrogen) atoms. The molecule has 7 nitrogen and oxygen atoms in total. The number of carbonyl (C=O) groups excluding carboxylic acids is 1. The van der Waals surface area contributed by atoms with Gasteiger partial charge in [-0.2, -0.15) is 0 Å². The number of carboxylic acids is 1. The van der Waals surface area contributed by atoms with E-state index < -0.39 is 12.1 Å². The summed E-state index contributed by atoms with van der Waals surface area (Å²) in [5.74, 6) is 1.08. The van der Waals surface area contributed by atoms with Gasteiger partial charge in [-0.05, 0) is 79.8 Å². The number of allylic oxidation sites excluding steroid dienone is 2. The van der Waals surface area contributed by atoms with E-state index in [1.165, 1.54) is 0 Å². The average Bonchev–Trinajstić information content (AvgIpc) is 3.58. The summed E-state index contributed by atoms with van der Waals surface area (Å²) in [6.45, 7) is 2.25. The Morgan fingerprint density at radius 1 is 0.917 bits per heavy atom. The first-order chi connectivity index (χ1) is 23.5. The molecule has 2 unspecified atom stereocenters. The summed E-state index contributed by atoms with van der Waals surface area (Å²) in [5, 5.41) is 12.3. The summed E-state index contributed by atoms with van der Waals surface area (Å²) >= 11 is 0. The van der Waals surface area contributed by atoms with Gasteiger partial charge in [0, 0.05) is 28.8 Å². The minimum Gasteiger partial charge on any atom is -0.479 e. The van der Waals surface area contributed by atoms with Crippen LogP contribution in [0.2, 0.25) is 0 Å². The number of carbonyl (C=O) groups is 2. The smallest absolute Gasteiger partial charge is 0.344 e. The molecule has 4 aromatic carbocycles. The molecule has 0 spiro atoms. The zero-order valence-corrected chi connectivity index (χ0v) is 27.1. The SMILES string of the molecule is CCC(Oc1ccc(CCNC(=O)c2cccc(CC3CCCC=C3c3nc(-c4ccccc4)c(-c4ccccc4)o3)c2)cc1)C(=O)O. The van der Waals surface area contributed by atoms with Gasteiger partial charge >= 0.3 is 5.97 Å². The van der Waals surface area contributed by atoms with Gasteiger partial charge in [0.25, 0.3) is 5.91 Å². The molecule has 0 saturated carbocycles. The van der Waals surface area contributed by atoms with Gasteiger partial charge in [0.05, 0.1) is 0 Å². The maximum Gasteiger partial charge on any atom is 0.344 e. The summed E-state index contributed by atoms with van der Waals surface area (Å²) < 4.78 is 12.1. The quantitative estimate of drug-likeness (QED) is 0.134. The van der Waals surface area contributed by atoms with Crippen molar-refractivity contribution in [2.45, 2.75) is 51.6 Å². The summed E-state index contributed by atoms with van der Waals surface area (Å²) in [5.41, 5.74) is 6.73. The molecule has 1 aliphatic carbocycles. The Morgan fingerprint density at radius 3 is 2.35 bits per heavy atom. The topological polar surface area (TPSA) is 102 Å². The van der Waals surface area contributed by atoms with Crippen molar-refractivity contribution in [1.82, 2.24) is 10.3 Å². The molecule has 2 N–H and O–H groups in total. The molecular weight excluding hydrogens is 600 g/mol. The molecule has 1 aromatic heterocycles. The van der Waals surface area contributed by atoms with Crippen LogP contribution in [0, 0.1) is 5.92 Å². The van der Waals surface area contributed by atoms with Gasteiger partial charge in [0.2, 0.25) is 5.89 Å². The molecule has 0 aliphatic heterocycles. The zero-order chi connectivity index (χ0) is 33.3. The Labute approximate surface area is 281 Å². The van der Waals surface area contributed by atoms with Crippen molar-refractivity contribution in [2.24, 2.45) is 5.92 Å². The van der Waals surface area contributed by atoms with E-state index in [4.69, 9.17) is 14.1 Å². The molecular formula is C41H40N2O5. The number of benzene rings is 4. The first kappa shape index (κ1) is 32.5. The van der Waals surface area contributed by atoms with Crippen LogP contribution >= 0.6 is 0 Å². The van der Waals surface area contributed by atoms with Crippen molar-refractivity contribution >= 4 is 17.4 Å². The standard InChI is InChI=1S/C41H40N2O5/c1-2-36(41(45)46)47-34-22-20-28(21-23-34)24-25-42-39(44)33-18-11-12-29(27-33)26-32-17-9-10-19-35(32)40-43-37(30-13-5-3-6-14-30)38(48-40)31-15-7-4-8-16-31/h3-8,11-16,18-23,27,32,36H,2,9-10,17,24-26H2,1H3,(H,42,44)(H,45,46). The van der Waals surface area contributed by atoms with Crippen LogP contribution < -0.4 is 10.1 Å². The molecule has 6 rings (SSSR count). The molecule has 0 bridgehead atoms. The van der Waals surface area contributed by atoms with Gasteiger partial charge < -0.3 is 19.6 Å². The highest BCUT2D eigenvalue weighted by molar-refractivity contribution is 5.94. The number of ether oxygens (including phenoxy) is 1. The third-order valence-corrected chi connectivity index (χ3v) is 8.74. The van der Waals surface area contributed by atoms with Crippen LogP contribution in [0.3, 0.4) is 0 Å². The van der Waals surface area contributed by atoms with Crippen molar-refractivity contribution in [3.63, 3.8) is 0 Å². The maximum absolute atomic E-state index is 13.1. The molecule has 2 atom stereocenters. The van der Waals surface area contributed by atoms with Crippen LogP contribution in [0.25, 0.3) is 28.2 Å². The van der Waals surface area contributed by atoms with Gasteiger partial charge in [-0.25, -0.2) is 9.78 Å². The number of amides is 1. The fourth-order valence-corrected chi connectivity index (χ4v) is 6.19. The Bertz CT molecular complexity index is 1810. The number of rotatable bonds is 13. The van der Waals surface area contributed by atoms with Crippen molar-refractivity contribution in [3.8, 4) is 28.3 Å². The summed E-state index contributed by atoms with van der Waals surface area (Å²) in [6.07, 6.45) is 6.31. The zero-order valence-electron chi connectivity index (χ0n) is 27.1. The van der Waals surface area contributed by atoms with E-state index in [-0.39, 0.29) is 11.8 Å². The van der Waals surface area contributed by atoms with Crippen LogP contribution in [0.5, 0.6) is 5.75 Å². The lowest BCUT2D eigenvalue weighted by atomic mass is 9.83. The van der Waals surface area contributed by atoms with Crippen LogP contribution in [0.4, 0.5) is 0 Å². The van der Waals surface area contributed by atoms with Gasteiger partial charge in [-0.3, -0.25) is 4.79 Å². The fraction of sp³-hybridized carbons (Fsp3) is 0.244. The number of oxazole rings is 1. The number of nitrogens with zero attached hydrogens (tertiary/aromatic N) is 1. The van der Waals surface area contributed by atoms with Gasteiger partial charge in [0.15, 0.2) is 11.9 Å². The van der Waals surface area contributed by atoms with Crippen molar-refractivity contribution in [3.05, 3.63) is 138 Å². The Kier molecular flexibility index (Phi) is 10.5. The predicted octanol–water partition coefficient (Wildman–Crippen LogP) is 8.65. The highest BCUT2D eigenvalue weighted by atomic mass is 16.5. The second-order valence-corrected chi connectivity index (χ2v) is 12.1. The van der Waals surface area contributed by atoms with Crippen molar-refractivity contribution in [1.29, 1.82) is 0 Å². The Balaban J connectivity index is 1.11. The largest absolute Gasteiger partial charge is 0.479 e. The highest BCUT2D eigenvalue weighted by Gasteiger charge is 2.26. The molecule has 1 aliphatic rings. The molecule has 0 saturated heterocycles. The van der Waals surface area contributed by atoms with Crippen LogP contribution in [-0.4, -0.2) is 34.6 Å². The Morgan fingerprint density at radius 2 is 1.65 bits per heavy atom. The molecule has 1 amide bonds. The predicted molar refractivity (Wildman–Crippen MR) is 188 cm³/mol. The number of hydrogen-bond acceptors (Lipinski definition) is 5. The lowest BCUT2D eigenvalue weighted by Crippen LogP contribution is -2.26. The Hall–Kier alpha value is -5.43. The fourth-order valence-electron chi connectivity index (χ4n) is 6.19. The van der Waals surface area contributed by atoms with E-state index >= 15 is 0 Å². The van der Waals surface area contributed by atoms with Crippen LogP contribution in [0.1, 0.15) is 60.0 Å². The average molecular weight is 641 g/mol. The van der Waals surface area contributed by atoms with Crippen molar-refractivity contribution in [2.75, 3.05) is 6.54 Å². The van der Waals surface area contributed by atoms with Crippen LogP contribution in [-0.2, 0) is 17.6 Å². The van der Waals surface area contributed by atoms with Crippen LogP contribution in [0.15, 0.2) is 120 Å². The summed E-state index contributed by atoms with van der Waals surface area (Å²) in [4.78, 5) is 29.4. The van der Waals surface area contributed by atoms with E-state index in [2.05, 4.69) is 41.7 Å². The number of aliphatic carboxylic acids is 1. The van der Waals surface area contributed by atoms with E-state index in [1.54, 1.807) is 19.1 Å². The minimum absolute atomic E-state index is 0.115. The third kappa shape index (κ3) is 7.92. The van der Waals surface area contributed by atoms with E-state index in [0.717, 1.165) is 65.0 Å². The molecule has 0 radical (unpaired) electrons. The maximum atomic E-state index is 13.1. The molecule has 0 fully saturated rings. The van der Waals surface area contributed by atoms with Crippen molar-refractivity contribution < 1.29 is 23.8 Å². The van der Waals surface area contributed by atoms with E-state index in [1.807, 2.05) is 66.7 Å². The molecule has 1 heterocycles. The minimum atomic E-state index is -0.978. The monoisotopic (exact) mass is 640 g/mol. The van der Waals surface area contributed by atoms with E-state index in [0.29, 0.717) is 36.6 Å². The van der Waals surface area contributed by atoms with Gasteiger partial charge in [0.1, 0.15) is 11.4 Å². The number of carboxylic acid groups (broad SMARTS) is 1. The summed E-state index contributed by atoms with van der Waals surface area (Å²) in [6, 6.07) is 35.5. The highest BCUT2D eigenvalue weighted by Crippen LogP contribution is 2.40. The molecule has 244 valence electrons. The normalized spacial score (nSPS) is 14.9. The number of hydrogen-bond donors (Lipinski definition) is 2. The van der Waals surface area contributed by atoms with Gasteiger partial charge in [-0.15, -0.1) is 0 Å². The second-order valence-electron chi connectivity index (χ2n) is 12.1. The lowest BCUT2D eigenvalue weighted by Gasteiger charge is -2.22. The first-order valence-electron chi connectivity index (χ1n) is 16.7. The number of nitrogens with one attached hydrogen (secondary N) is 1. The third-order valence-electron chi connectivity index (χ3n) is 8.74. The second kappa shape index (κ2) is 15.4. The first-order valence-corrected chi connectivity index (χ1v) is 16.7. The molecule has 7 heteroatoms. The van der Waals surface area contributed by atoms with E-state index in [9.17, 15) is 14.7 Å². The lowest BCUT2D eigenvalue weighted by molar-refractivity contribution is -0.145.